The van der Waals surface area contributed by atoms with Gasteiger partial charge < -0.3 is 15.2 Å². The van der Waals surface area contributed by atoms with Crippen LogP contribution in [0.15, 0.2) is 35.6 Å². The first-order valence-electron chi connectivity index (χ1n) is 4.84. The van der Waals surface area contributed by atoms with Gasteiger partial charge in [-0.05, 0) is 19.1 Å². The largest absolute Gasteiger partial charge is 0.511 e. The normalized spacial score (nSPS) is 11.1. The number of carbonyl (C=O) groups excluding carboxylic acids is 1. The first-order valence-corrected chi connectivity index (χ1v) is 4.84. The molecule has 0 spiro atoms. The molecular formula is C12H12N2O3. The van der Waals surface area contributed by atoms with E-state index < -0.39 is 5.91 Å². The summed E-state index contributed by atoms with van der Waals surface area (Å²) in [5, 5.41) is 20.4. The van der Waals surface area contributed by atoms with Gasteiger partial charge in [-0.15, -0.1) is 0 Å². The number of para-hydroxylation sites is 2. The van der Waals surface area contributed by atoms with Gasteiger partial charge in [0.1, 0.15) is 17.6 Å². The van der Waals surface area contributed by atoms with Crippen molar-refractivity contribution >= 4 is 11.6 Å². The van der Waals surface area contributed by atoms with Gasteiger partial charge in [0.05, 0.1) is 12.8 Å². The molecule has 0 aliphatic rings. The molecule has 0 bridgehead atoms. The number of nitrogens with zero attached hydrogens (tertiary/aromatic N) is 1. The Morgan fingerprint density at radius 2 is 2.12 bits per heavy atom. The van der Waals surface area contributed by atoms with Gasteiger partial charge in [-0.2, -0.15) is 5.26 Å². The fraction of sp³-hybridized carbons (Fsp3) is 0.167. The zero-order valence-electron chi connectivity index (χ0n) is 9.52. The maximum absolute atomic E-state index is 11.6. The van der Waals surface area contributed by atoms with Crippen LogP contribution in [0.5, 0.6) is 5.75 Å². The Balaban J connectivity index is 2.97. The summed E-state index contributed by atoms with van der Waals surface area (Å²) in [6.45, 7) is 1.28. The topological polar surface area (TPSA) is 82.3 Å². The number of aliphatic hydroxyl groups excluding tert-OH is 1. The highest BCUT2D eigenvalue weighted by Crippen LogP contribution is 2.23. The molecule has 0 fully saturated rings. The number of rotatable bonds is 3. The van der Waals surface area contributed by atoms with Crippen molar-refractivity contribution < 1.29 is 14.6 Å². The SMILES string of the molecule is COc1ccccc1NC(=O)C(C#N)=C(C)O. The number of allylic oxidation sites excluding steroid dienone is 1. The Morgan fingerprint density at radius 1 is 1.47 bits per heavy atom. The third-order valence-corrected chi connectivity index (χ3v) is 2.06. The second-order valence-corrected chi connectivity index (χ2v) is 3.23. The maximum Gasteiger partial charge on any atom is 0.269 e. The average molecular weight is 232 g/mol. The van der Waals surface area contributed by atoms with Gasteiger partial charge in [0, 0.05) is 0 Å². The van der Waals surface area contributed by atoms with Crippen LogP contribution in [0.4, 0.5) is 5.69 Å². The fourth-order valence-electron chi connectivity index (χ4n) is 1.23. The molecule has 17 heavy (non-hydrogen) atoms. The second kappa shape index (κ2) is 5.56. The van der Waals surface area contributed by atoms with Crippen molar-refractivity contribution in [1.29, 1.82) is 5.26 Å². The van der Waals surface area contributed by atoms with E-state index in [9.17, 15) is 4.79 Å². The number of anilines is 1. The van der Waals surface area contributed by atoms with E-state index >= 15 is 0 Å². The van der Waals surface area contributed by atoms with Crippen molar-refractivity contribution in [3.05, 3.63) is 35.6 Å². The molecule has 0 heterocycles. The fourth-order valence-corrected chi connectivity index (χ4v) is 1.23. The zero-order chi connectivity index (χ0) is 12.8. The molecule has 0 atom stereocenters. The van der Waals surface area contributed by atoms with Crippen molar-refractivity contribution in [1.82, 2.24) is 0 Å². The van der Waals surface area contributed by atoms with E-state index in [2.05, 4.69) is 5.32 Å². The molecule has 1 rings (SSSR count). The van der Waals surface area contributed by atoms with Gasteiger partial charge in [0.25, 0.3) is 5.91 Å². The number of aliphatic hydroxyl groups is 1. The van der Waals surface area contributed by atoms with Crippen LogP contribution in [0.25, 0.3) is 0 Å². The van der Waals surface area contributed by atoms with E-state index in [4.69, 9.17) is 15.1 Å². The molecule has 1 aromatic rings. The lowest BCUT2D eigenvalue weighted by Crippen LogP contribution is -2.15. The van der Waals surface area contributed by atoms with Crippen LogP contribution in [0.1, 0.15) is 6.92 Å². The number of hydrogen-bond acceptors (Lipinski definition) is 4. The number of methoxy groups -OCH3 is 1. The lowest BCUT2D eigenvalue weighted by molar-refractivity contribution is -0.112. The van der Waals surface area contributed by atoms with Gasteiger partial charge >= 0.3 is 0 Å². The summed E-state index contributed by atoms with van der Waals surface area (Å²) in [6.07, 6.45) is 0. The van der Waals surface area contributed by atoms with Crippen molar-refractivity contribution in [3.63, 3.8) is 0 Å². The molecule has 0 saturated heterocycles. The van der Waals surface area contributed by atoms with Crippen molar-refractivity contribution in [2.45, 2.75) is 6.92 Å². The predicted octanol–water partition coefficient (Wildman–Crippen LogP) is 1.99. The Labute approximate surface area is 98.9 Å². The van der Waals surface area contributed by atoms with E-state index in [1.807, 2.05) is 0 Å². The van der Waals surface area contributed by atoms with Gasteiger partial charge in [-0.3, -0.25) is 4.79 Å². The number of ether oxygens (including phenoxy) is 1. The maximum atomic E-state index is 11.6. The highest BCUT2D eigenvalue weighted by atomic mass is 16.5. The Morgan fingerprint density at radius 3 is 2.65 bits per heavy atom. The van der Waals surface area contributed by atoms with Crippen LogP contribution in [0, 0.1) is 11.3 Å². The van der Waals surface area contributed by atoms with Gasteiger partial charge in [-0.25, -0.2) is 0 Å². The van der Waals surface area contributed by atoms with Gasteiger partial charge in [-0.1, -0.05) is 12.1 Å². The quantitative estimate of drug-likeness (QED) is 0.474. The number of hydrogen-bond donors (Lipinski definition) is 2. The van der Waals surface area contributed by atoms with Gasteiger partial charge in [0.2, 0.25) is 0 Å². The third-order valence-electron chi connectivity index (χ3n) is 2.06. The molecule has 0 saturated carbocycles. The van der Waals surface area contributed by atoms with E-state index in [1.165, 1.54) is 14.0 Å². The van der Waals surface area contributed by atoms with Crippen molar-refractivity contribution in [3.8, 4) is 11.8 Å². The Kier molecular flexibility index (Phi) is 4.12. The summed E-state index contributed by atoms with van der Waals surface area (Å²) in [4.78, 5) is 11.6. The highest BCUT2D eigenvalue weighted by molar-refractivity contribution is 6.07. The van der Waals surface area contributed by atoms with Crippen LogP contribution >= 0.6 is 0 Å². The smallest absolute Gasteiger partial charge is 0.269 e. The van der Waals surface area contributed by atoms with Crippen LogP contribution in [-0.2, 0) is 4.79 Å². The molecule has 0 unspecified atom stereocenters. The van der Waals surface area contributed by atoms with E-state index in [0.29, 0.717) is 11.4 Å². The molecule has 1 amide bonds. The summed E-state index contributed by atoms with van der Waals surface area (Å²) in [5.41, 5.74) is 0.116. The standard InChI is InChI=1S/C12H12N2O3/c1-8(15)9(7-13)12(16)14-10-5-3-4-6-11(10)17-2/h3-6,15H,1-2H3,(H,14,16). The minimum Gasteiger partial charge on any atom is -0.511 e. The molecule has 0 aromatic heterocycles. The number of amides is 1. The highest BCUT2D eigenvalue weighted by Gasteiger charge is 2.14. The number of nitriles is 1. The zero-order valence-corrected chi connectivity index (χ0v) is 9.52. The molecule has 0 aliphatic carbocycles. The first kappa shape index (κ1) is 12.6. The summed E-state index contributed by atoms with van der Waals surface area (Å²) in [7, 11) is 1.48. The molecule has 5 heteroatoms. The minimum absolute atomic E-state index is 0.320. The molecule has 0 radical (unpaired) electrons. The van der Waals surface area contributed by atoms with Crippen molar-refractivity contribution in [2.24, 2.45) is 0 Å². The van der Waals surface area contributed by atoms with Crippen LogP contribution in [0.3, 0.4) is 0 Å². The number of carbonyl (C=O) groups is 1. The molecule has 1 aromatic carbocycles. The number of nitrogens with one attached hydrogen (secondary N) is 1. The summed E-state index contributed by atoms with van der Waals surface area (Å²) < 4.78 is 5.04. The van der Waals surface area contributed by atoms with E-state index in [1.54, 1.807) is 30.3 Å². The van der Waals surface area contributed by atoms with E-state index in [0.717, 1.165) is 0 Å². The molecule has 5 nitrogen and oxygen atoms in total. The van der Waals surface area contributed by atoms with Crippen LogP contribution < -0.4 is 10.1 Å². The van der Waals surface area contributed by atoms with Crippen molar-refractivity contribution in [2.75, 3.05) is 12.4 Å². The summed E-state index contributed by atoms with van der Waals surface area (Å²) >= 11 is 0. The van der Waals surface area contributed by atoms with Crippen LogP contribution in [-0.4, -0.2) is 18.1 Å². The summed E-state index contributed by atoms with van der Waals surface area (Å²) in [6, 6.07) is 8.43. The Hall–Kier alpha value is -2.48. The monoisotopic (exact) mass is 232 g/mol. The second-order valence-electron chi connectivity index (χ2n) is 3.23. The Bertz CT molecular complexity index is 497. The molecular weight excluding hydrogens is 220 g/mol. The lowest BCUT2D eigenvalue weighted by atomic mass is 10.2. The lowest BCUT2D eigenvalue weighted by Gasteiger charge is -2.09. The number of benzene rings is 1. The van der Waals surface area contributed by atoms with Crippen LogP contribution in [0.2, 0.25) is 0 Å². The minimum atomic E-state index is -0.669. The third kappa shape index (κ3) is 2.98. The first-order chi connectivity index (χ1) is 8.10. The average Bonchev–Trinajstić information content (AvgIpc) is 2.30. The van der Waals surface area contributed by atoms with Gasteiger partial charge in [0.15, 0.2) is 5.57 Å². The van der Waals surface area contributed by atoms with E-state index in [-0.39, 0.29) is 11.3 Å². The molecule has 88 valence electrons. The predicted molar refractivity (Wildman–Crippen MR) is 62.6 cm³/mol. The molecule has 2 N–H and O–H groups in total. The summed E-state index contributed by atoms with van der Waals surface area (Å²) in [5.74, 6) is -0.509. The molecule has 0 aliphatic heterocycles.